The van der Waals surface area contributed by atoms with Crippen LogP contribution in [0.4, 0.5) is 0 Å². The van der Waals surface area contributed by atoms with Gasteiger partial charge in [-0.05, 0) is 23.3 Å². The quantitative estimate of drug-likeness (QED) is 0.846. The Balaban J connectivity index is 1.91. The maximum absolute atomic E-state index is 11.7. The van der Waals surface area contributed by atoms with Crippen LogP contribution in [0.3, 0.4) is 0 Å². The Labute approximate surface area is 123 Å². The Kier molecular flexibility index (Phi) is 3.88. The first-order chi connectivity index (χ1) is 10.2. The number of phenols is 1. The van der Waals surface area contributed by atoms with E-state index in [0.29, 0.717) is 13.0 Å². The Hall–Kier alpha value is -2.33. The number of carbonyl (C=O) groups excluding carboxylic acids is 1. The number of ether oxygens (including phenoxy) is 1. The lowest BCUT2D eigenvalue weighted by Gasteiger charge is -2.22. The molecule has 2 aromatic rings. The molecular formula is C17H17NO3. The monoisotopic (exact) mass is 283 g/mol. The van der Waals surface area contributed by atoms with Crippen molar-refractivity contribution in [2.45, 2.75) is 18.5 Å². The van der Waals surface area contributed by atoms with Gasteiger partial charge in [0.25, 0.3) is 0 Å². The van der Waals surface area contributed by atoms with E-state index < -0.39 is 0 Å². The summed E-state index contributed by atoms with van der Waals surface area (Å²) in [5.74, 6) is 0.0283. The van der Waals surface area contributed by atoms with Crippen LogP contribution in [-0.4, -0.2) is 23.7 Å². The Morgan fingerprint density at radius 1 is 1.05 bits per heavy atom. The highest BCUT2D eigenvalue weighted by Gasteiger charge is 2.29. The number of cyclic esters (lactones) is 1. The van der Waals surface area contributed by atoms with Crippen molar-refractivity contribution in [2.75, 3.05) is 6.61 Å². The average Bonchev–Trinajstić information content (AvgIpc) is 2.92. The second kappa shape index (κ2) is 5.97. The predicted molar refractivity (Wildman–Crippen MR) is 78.9 cm³/mol. The summed E-state index contributed by atoms with van der Waals surface area (Å²) in [4.78, 5) is 11.7. The number of benzene rings is 2. The van der Waals surface area contributed by atoms with Crippen molar-refractivity contribution < 1.29 is 14.6 Å². The molecule has 2 aromatic carbocycles. The molecule has 108 valence electrons. The van der Waals surface area contributed by atoms with E-state index in [4.69, 9.17) is 4.74 Å². The molecule has 1 aliphatic rings. The van der Waals surface area contributed by atoms with Crippen molar-refractivity contribution in [2.24, 2.45) is 0 Å². The number of phenolic OH excluding ortho intramolecular Hbond substituents is 1. The van der Waals surface area contributed by atoms with Gasteiger partial charge in [-0.1, -0.05) is 42.5 Å². The van der Waals surface area contributed by atoms with Crippen molar-refractivity contribution in [3.05, 3.63) is 65.7 Å². The fourth-order valence-electron chi connectivity index (χ4n) is 2.55. The third-order valence-electron chi connectivity index (χ3n) is 3.66. The van der Waals surface area contributed by atoms with Crippen LogP contribution < -0.4 is 5.32 Å². The Morgan fingerprint density at radius 2 is 1.71 bits per heavy atom. The Morgan fingerprint density at radius 3 is 2.33 bits per heavy atom. The molecule has 21 heavy (non-hydrogen) atoms. The van der Waals surface area contributed by atoms with E-state index in [0.717, 1.165) is 11.1 Å². The minimum atomic E-state index is -0.288. The zero-order chi connectivity index (χ0) is 14.7. The fourth-order valence-corrected chi connectivity index (χ4v) is 2.55. The van der Waals surface area contributed by atoms with Crippen LogP contribution in [0.5, 0.6) is 5.75 Å². The van der Waals surface area contributed by atoms with Crippen LogP contribution in [0.15, 0.2) is 54.6 Å². The van der Waals surface area contributed by atoms with Crippen LogP contribution in [0.1, 0.15) is 23.6 Å². The van der Waals surface area contributed by atoms with Crippen LogP contribution >= 0.6 is 0 Å². The topological polar surface area (TPSA) is 58.6 Å². The number of hydrogen-bond acceptors (Lipinski definition) is 4. The van der Waals surface area contributed by atoms with Crippen molar-refractivity contribution in [3.63, 3.8) is 0 Å². The van der Waals surface area contributed by atoms with Gasteiger partial charge in [0.05, 0.1) is 12.6 Å². The Bertz CT molecular complexity index is 610. The largest absolute Gasteiger partial charge is 0.508 e. The van der Waals surface area contributed by atoms with Crippen molar-refractivity contribution in [1.82, 2.24) is 5.32 Å². The minimum absolute atomic E-state index is 0.109. The lowest BCUT2D eigenvalue weighted by atomic mass is 9.97. The van der Waals surface area contributed by atoms with Gasteiger partial charge in [0.15, 0.2) is 0 Å². The SMILES string of the molecule is O=C1OCCC1NC(c1ccccc1)c1ccc(O)cc1. The van der Waals surface area contributed by atoms with Crippen molar-refractivity contribution in [1.29, 1.82) is 0 Å². The van der Waals surface area contributed by atoms with E-state index in [1.165, 1.54) is 0 Å². The number of hydrogen-bond donors (Lipinski definition) is 2. The van der Waals surface area contributed by atoms with Crippen molar-refractivity contribution >= 4 is 5.97 Å². The molecule has 0 spiro atoms. The fraction of sp³-hybridized carbons (Fsp3) is 0.235. The molecule has 1 aliphatic heterocycles. The molecule has 2 N–H and O–H groups in total. The summed E-state index contributed by atoms with van der Waals surface area (Å²) in [7, 11) is 0. The molecule has 2 unspecified atom stereocenters. The first-order valence-electron chi connectivity index (χ1n) is 7.00. The molecule has 2 atom stereocenters. The molecule has 3 rings (SSSR count). The van der Waals surface area contributed by atoms with Gasteiger partial charge >= 0.3 is 5.97 Å². The zero-order valence-corrected chi connectivity index (χ0v) is 11.5. The van der Waals surface area contributed by atoms with Gasteiger partial charge in [0.1, 0.15) is 11.8 Å². The van der Waals surface area contributed by atoms with Crippen LogP contribution in [-0.2, 0) is 9.53 Å². The van der Waals surface area contributed by atoms with Gasteiger partial charge in [-0.25, -0.2) is 0 Å². The predicted octanol–water partition coefficient (Wildman–Crippen LogP) is 2.39. The standard InChI is InChI=1S/C17H17NO3/c19-14-8-6-13(7-9-14)16(12-4-2-1-3-5-12)18-15-10-11-21-17(15)20/h1-9,15-16,18-19H,10-11H2. The number of esters is 1. The maximum Gasteiger partial charge on any atom is 0.323 e. The molecule has 0 amide bonds. The molecule has 1 heterocycles. The summed E-state index contributed by atoms with van der Waals surface area (Å²) in [6, 6.07) is 16.6. The highest BCUT2D eigenvalue weighted by molar-refractivity contribution is 5.77. The first kappa shape index (κ1) is 13.6. The lowest BCUT2D eigenvalue weighted by Crippen LogP contribution is -2.36. The van der Waals surface area contributed by atoms with E-state index in [9.17, 15) is 9.90 Å². The molecule has 0 aromatic heterocycles. The number of nitrogens with one attached hydrogen (secondary N) is 1. The summed E-state index contributed by atoms with van der Waals surface area (Å²) in [5, 5.41) is 12.8. The summed E-state index contributed by atoms with van der Waals surface area (Å²) in [5.41, 5.74) is 2.07. The van der Waals surface area contributed by atoms with Gasteiger partial charge < -0.3 is 9.84 Å². The van der Waals surface area contributed by atoms with E-state index >= 15 is 0 Å². The van der Waals surface area contributed by atoms with Crippen LogP contribution in [0.2, 0.25) is 0 Å². The van der Waals surface area contributed by atoms with Gasteiger partial charge in [-0.15, -0.1) is 0 Å². The second-order valence-corrected chi connectivity index (χ2v) is 5.11. The second-order valence-electron chi connectivity index (χ2n) is 5.11. The van der Waals surface area contributed by atoms with E-state index in [-0.39, 0.29) is 23.8 Å². The molecule has 1 saturated heterocycles. The minimum Gasteiger partial charge on any atom is -0.508 e. The molecule has 0 radical (unpaired) electrons. The normalized spacial score (nSPS) is 19.2. The molecule has 4 heteroatoms. The first-order valence-corrected chi connectivity index (χ1v) is 7.00. The number of rotatable bonds is 4. The van der Waals surface area contributed by atoms with Gasteiger partial charge in [0, 0.05) is 6.42 Å². The lowest BCUT2D eigenvalue weighted by molar-refractivity contribution is -0.139. The third-order valence-corrected chi connectivity index (χ3v) is 3.66. The highest BCUT2D eigenvalue weighted by atomic mass is 16.5. The molecule has 1 fully saturated rings. The van der Waals surface area contributed by atoms with E-state index in [1.54, 1.807) is 12.1 Å². The van der Waals surface area contributed by atoms with Crippen molar-refractivity contribution in [3.8, 4) is 5.75 Å². The van der Waals surface area contributed by atoms with E-state index in [2.05, 4.69) is 5.32 Å². The van der Waals surface area contributed by atoms with Gasteiger partial charge in [-0.2, -0.15) is 0 Å². The van der Waals surface area contributed by atoms with Gasteiger partial charge in [0.2, 0.25) is 0 Å². The molecule has 0 bridgehead atoms. The average molecular weight is 283 g/mol. The summed E-state index contributed by atoms with van der Waals surface area (Å²) >= 11 is 0. The molecular weight excluding hydrogens is 266 g/mol. The molecule has 0 saturated carbocycles. The molecule has 0 aliphatic carbocycles. The summed E-state index contributed by atoms with van der Waals surface area (Å²) in [6.07, 6.45) is 0.681. The summed E-state index contributed by atoms with van der Waals surface area (Å²) < 4.78 is 5.02. The number of carbonyl (C=O) groups is 1. The summed E-state index contributed by atoms with van der Waals surface area (Å²) in [6.45, 7) is 0.466. The third kappa shape index (κ3) is 3.06. The molecule has 4 nitrogen and oxygen atoms in total. The smallest absolute Gasteiger partial charge is 0.323 e. The van der Waals surface area contributed by atoms with Crippen LogP contribution in [0, 0.1) is 0 Å². The zero-order valence-electron chi connectivity index (χ0n) is 11.5. The van der Waals surface area contributed by atoms with Crippen LogP contribution in [0.25, 0.3) is 0 Å². The number of aromatic hydroxyl groups is 1. The highest BCUT2D eigenvalue weighted by Crippen LogP contribution is 2.25. The maximum atomic E-state index is 11.7. The van der Waals surface area contributed by atoms with Gasteiger partial charge in [-0.3, -0.25) is 10.1 Å². The van der Waals surface area contributed by atoms with E-state index in [1.807, 2.05) is 42.5 Å².